The Balaban J connectivity index is 2.20. The number of rotatable bonds is 3. The molecule has 0 spiro atoms. The number of hydrogen-bond donors (Lipinski definition) is 0. The van der Waals surface area contributed by atoms with Crippen molar-refractivity contribution in [1.29, 1.82) is 0 Å². The van der Waals surface area contributed by atoms with E-state index in [1.807, 2.05) is 7.05 Å². The van der Waals surface area contributed by atoms with Gasteiger partial charge in [0.25, 0.3) is 0 Å². The molecule has 0 unspecified atom stereocenters. The maximum atomic E-state index is 11.6. The predicted molar refractivity (Wildman–Crippen MR) is 74.8 cm³/mol. The van der Waals surface area contributed by atoms with Crippen LogP contribution >= 0.6 is 0 Å². The second-order valence-corrected chi connectivity index (χ2v) is 5.42. The third-order valence-electron chi connectivity index (χ3n) is 3.80. The number of hydrogen-bond acceptors (Lipinski definition) is 2. The first-order valence-electron chi connectivity index (χ1n) is 6.57. The largest absolute Gasteiger partial charge is 0.315 e. The highest BCUT2D eigenvalue weighted by Crippen LogP contribution is 2.27. The van der Waals surface area contributed by atoms with Gasteiger partial charge in [0.1, 0.15) is 0 Å². The van der Waals surface area contributed by atoms with Gasteiger partial charge >= 0.3 is 0 Å². The summed E-state index contributed by atoms with van der Waals surface area (Å²) in [5, 5.41) is 0. The first-order valence-corrected chi connectivity index (χ1v) is 6.57. The minimum atomic E-state index is 0.217. The molecule has 0 fully saturated rings. The summed E-state index contributed by atoms with van der Waals surface area (Å²) in [6.45, 7) is 5.36. The molecule has 18 heavy (non-hydrogen) atoms. The average Bonchev–Trinajstić information content (AvgIpc) is 2.34. The van der Waals surface area contributed by atoms with E-state index in [2.05, 4.69) is 44.0 Å². The van der Waals surface area contributed by atoms with Crippen LogP contribution in [0.4, 0.5) is 5.69 Å². The van der Waals surface area contributed by atoms with Gasteiger partial charge in [-0.25, -0.2) is 0 Å². The number of anilines is 1. The first kappa shape index (κ1) is 13.1. The van der Waals surface area contributed by atoms with Crippen molar-refractivity contribution in [2.45, 2.75) is 39.3 Å². The summed E-state index contributed by atoms with van der Waals surface area (Å²) < 4.78 is 0. The van der Waals surface area contributed by atoms with Gasteiger partial charge in [0.2, 0.25) is 5.91 Å². The monoisotopic (exact) mass is 246 g/mol. The molecule has 0 saturated carbocycles. The van der Waals surface area contributed by atoms with Crippen molar-refractivity contribution in [3.05, 3.63) is 29.3 Å². The van der Waals surface area contributed by atoms with Crippen molar-refractivity contribution in [2.75, 3.05) is 19.0 Å². The molecule has 1 heterocycles. The molecule has 0 saturated heterocycles. The Bertz CT molecular complexity index is 454. The lowest BCUT2D eigenvalue weighted by Gasteiger charge is -2.27. The van der Waals surface area contributed by atoms with Gasteiger partial charge in [0.05, 0.1) is 0 Å². The van der Waals surface area contributed by atoms with Crippen LogP contribution in [0.2, 0.25) is 0 Å². The summed E-state index contributed by atoms with van der Waals surface area (Å²) in [6.07, 6.45) is 1.50. The molecule has 98 valence electrons. The van der Waals surface area contributed by atoms with Gasteiger partial charge in [-0.3, -0.25) is 9.69 Å². The minimum Gasteiger partial charge on any atom is -0.315 e. The molecule has 1 amide bonds. The molecule has 1 aromatic rings. The molecule has 0 aromatic heterocycles. The van der Waals surface area contributed by atoms with Crippen LogP contribution in [-0.4, -0.2) is 30.9 Å². The number of amides is 1. The van der Waals surface area contributed by atoms with E-state index in [4.69, 9.17) is 0 Å². The fourth-order valence-electron chi connectivity index (χ4n) is 2.28. The molecule has 1 aliphatic heterocycles. The van der Waals surface area contributed by atoms with E-state index in [-0.39, 0.29) is 5.91 Å². The van der Waals surface area contributed by atoms with E-state index >= 15 is 0 Å². The Morgan fingerprint density at radius 2 is 2.06 bits per heavy atom. The van der Waals surface area contributed by atoms with Gasteiger partial charge in [0.15, 0.2) is 0 Å². The second kappa shape index (κ2) is 5.11. The van der Waals surface area contributed by atoms with E-state index in [1.54, 1.807) is 4.90 Å². The smallest absolute Gasteiger partial charge is 0.227 e. The van der Waals surface area contributed by atoms with Crippen molar-refractivity contribution < 1.29 is 4.79 Å². The maximum Gasteiger partial charge on any atom is 0.227 e. The van der Waals surface area contributed by atoms with Crippen molar-refractivity contribution in [1.82, 2.24) is 4.90 Å². The topological polar surface area (TPSA) is 23.6 Å². The third kappa shape index (κ3) is 2.56. The molecule has 1 aromatic carbocycles. The van der Waals surface area contributed by atoms with Gasteiger partial charge in [-0.2, -0.15) is 0 Å². The summed E-state index contributed by atoms with van der Waals surface area (Å²) in [7, 11) is 4.00. The fourth-order valence-corrected chi connectivity index (χ4v) is 2.28. The number of carbonyl (C=O) groups is 1. The zero-order valence-corrected chi connectivity index (χ0v) is 11.7. The molecule has 0 atom stereocenters. The Hall–Kier alpha value is -1.35. The average molecular weight is 246 g/mol. The van der Waals surface area contributed by atoms with E-state index in [1.165, 1.54) is 11.1 Å². The first-order chi connectivity index (χ1) is 8.49. The van der Waals surface area contributed by atoms with Crippen LogP contribution in [0.15, 0.2) is 18.2 Å². The molecule has 0 N–H and O–H groups in total. The Morgan fingerprint density at radius 3 is 2.72 bits per heavy atom. The number of carbonyl (C=O) groups excluding carboxylic acids is 1. The van der Waals surface area contributed by atoms with E-state index in [0.29, 0.717) is 12.5 Å². The molecule has 3 heteroatoms. The molecular weight excluding hydrogens is 224 g/mol. The number of benzene rings is 1. The Kier molecular flexibility index (Phi) is 3.71. The third-order valence-corrected chi connectivity index (χ3v) is 3.80. The predicted octanol–water partition coefficient (Wildman–Crippen LogP) is 2.44. The number of nitrogens with zero attached hydrogens (tertiary/aromatic N) is 2. The Labute approximate surface area is 109 Å². The second-order valence-electron chi connectivity index (χ2n) is 5.42. The van der Waals surface area contributed by atoms with Crippen LogP contribution < -0.4 is 4.90 Å². The highest BCUT2D eigenvalue weighted by molar-refractivity contribution is 5.95. The summed E-state index contributed by atoms with van der Waals surface area (Å²) in [4.78, 5) is 15.7. The van der Waals surface area contributed by atoms with Crippen molar-refractivity contribution in [3.8, 4) is 0 Å². The summed E-state index contributed by atoms with van der Waals surface area (Å²) in [5.41, 5.74) is 3.70. The molecule has 2 rings (SSSR count). The highest BCUT2D eigenvalue weighted by atomic mass is 16.2. The van der Waals surface area contributed by atoms with Crippen LogP contribution in [0, 0.1) is 0 Å². The van der Waals surface area contributed by atoms with Gasteiger partial charge in [0, 0.05) is 31.7 Å². The summed E-state index contributed by atoms with van der Waals surface area (Å²) >= 11 is 0. The lowest BCUT2D eigenvalue weighted by atomic mass is 9.99. The van der Waals surface area contributed by atoms with Gasteiger partial charge in [-0.05, 0) is 44.5 Å². The van der Waals surface area contributed by atoms with Crippen molar-refractivity contribution in [3.63, 3.8) is 0 Å². The van der Waals surface area contributed by atoms with Crippen LogP contribution in [0.5, 0.6) is 0 Å². The Morgan fingerprint density at radius 1 is 1.33 bits per heavy atom. The number of fused-ring (bicyclic) bond motifs is 1. The molecular formula is C15H22N2O. The SMILES string of the molecule is CC(C)N(C)Cc1ccc2c(c1)CCC(=O)N2C. The highest BCUT2D eigenvalue weighted by Gasteiger charge is 2.20. The van der Waals surface area contributed by atoms with Crippen LogP contribution in [0.25, 0.3) is 0 Å². The van der Waals surface area contributed by atoms with Gasteiger partial charge in [-0.15, -0.1) is 0 Å². The molecule has 1 aliphatic rings. The molecule has 0 radical (unpaired) electrons. The normalized spacial score (nSPS) is 15.4. The summed E-state index contributed by atoms with van der Waals surface area (Å²) in [6, 6.07) is 7.00. The van der Waals surface area contributed by atoms with Crippen LogP contribution in [-0.2, 0) is 17.8 Å². The van der Waals surface area contributed by atoms with Crippen molar-refractivity contribution >= 4 is 11.6 Å². The zero-order chi connectivity index (χ0) is 13.3. The molecule has 0 bridgehead atoms. The van der Waals surface area contributed by atoms with Gasteiger partial charge < -0.3 is 4.90 Å². The fraction of sp³-hybridized carbons (Fsp3) is 0.533. The van der Waals surface area contributed by atoms with Gasteiger partial charge in [-0.1, -0.05) is 12.1 Å². The van der Waals surface area contributed by atoms with E-state index in [9.17, 15) is 4.79 Å². The number of aryl methyl sites for hydroxylation is 1. The van der Waals surface area contributed by atoms with Crippen molar-refractivity contribution in [2.24, 2.45) is 0 Å². The van der Waals surface area contributed by atoms with Crippen LogP contribution in [0.3, 0.4) is 0 Å². The lowest BCUT2D eigenvalue weighted by molar-refractivity contribution is -0.118. The van der Waals surface area contributed by atoms with E-state index in [0.717, 1.165) is 18.7 Å². The lowest BCUT2D eigenvalue weighted by Crippen LogP contribution is -2.31. The van der Waals surface area contributed by atoms with E-state index < -0.39 is 0 Å². The molecule has 0 aliphatic carbocycles. The maximum absolute atomic E-state index is 11.6. The quantitative estimate of drug-likeness (QED) is 0.818. The minimum absolute atomic E-state index is 0.217. The zero-order valence-electron chi connectivity index (χ0n) is 11.7. The van der Waals surface area contributed by atoms with Crippen LogP contribution in [0.1, 0.15) is 31.4 Å². The standard InChI is InChI=1S/C15H22N2O/c1-11(2)16(3)10-12-5-7-14-13(9-12)6-8-15(18)17(14)4/h5,7,9,11H,6,8,10H2,1-4H3. The molecule has 3 nitrogen and oxygen atoms in total. The summed E-state index contributed by atoms with van der Waals surface area (Å²) in [5.74, 6) is 0.217.